The maximum absolute atomic E-state index is 13.5. The summed E-state index contributed by atoms with van der Waals surface area (Å²) in [7, 11) is 0. The molecule has 170 valence electrons. The Morgan fingerprint density at radius 3 is 2.69 bits per heavy atom. The normalized spacial score (nSPS) is 12.4. The predicted molar refractivity (Wildman–Crippen MR) is 122 cm³/mol. The lowest BCUT2D eigenvalue weighted by molar-refractivity contribution is 0.103. The summed E-state index contributed by atoms with van der Waals surface area (Å²) in [6.45, 7) is 4.10. The number of phenols is 1. The van der Waals surface area contributed by atoms with Crippen LogP contribution >= 0.6 is 0 Å². The molecule has 10 heteroatoms. The molecule has 10 nitrogen and oxygen atoms in total. The van der Waals surface area contributed by atoms with Crippen molar-refractivity contribution in [2.24, 2.45) is 5.90 Å². The summed E-state index contributed by atoms with van der Waals surface area (Å²) >= 11 is 0. The molecule has 1 heterocycles. The van der Waals surface area contributed by atoms with E-state index in [0.717, 1.165) is 10.9 Å². The van der Waals surface area contributed by atoms with Crippen LogP contribution in [0, 0.1) is 0 Å². The maximum Gasteiger partial charge on any atom is 0.200 e. The first-order valence-corrected chi connectivity index (χ1v) is 10.7. The number of aromatic nitrogens is 2. The number of rotatable bonds is 12. The number of nitrogens with zero attached hydrogens (tertiary/aromatic N) is 2. The first-order chi connectivity index (χ1) is 15.7. The molecule has 0 aliphatic heterocycles. The molecule has 0 bridgehead atoms. The average Bonchev–Trinajstić information content (AvgIpc) is 3.16. The average molecular weight is 441 g/mol. The first kappa shape index (κ1) is 22.2. The summed E-state index contributed by atoms with van der Waals surface area (Å²) in [5.41, 5.74) is 3.67. The monoisotopic (exact) mass is 440 g/mol. The molecule has 0 atom stereocenters. The van der Waals surface area contributed by atoms with Gasteiger partial charge in [0.2, 0.25) is 0 Å². The van der Waals surface area contributed by atoms with Gasteiger partial charge >= 0.3 is 0 Å². The molecule has 0 saturated carbocycles. The van der Waals surface area contributed by atoms with E-state index in [2.05, 4.69) is 20.8 Å². The summed E-state index contributed by atoms with van der Waals surface area (Å²) in [5.74, 6) is 4.75. The van der Waals surface area contributed by atoms with E-state index < -0.39 is 0 Å². The van der Waals surface area contributed by atoms with E-state index in [0.29, 0.717) is 68.4 Å². The molecule has 0 fully saturated rings. The van der Waals surface area contributed by atoms with Gasteiger partial charge in [0.1, 0.15) is 11.4 Å². The fourth-order valence-electron chi connectivity index (χ4n) is 4.04. The molecule has 4 rings (SSSR count). The number of hydrogen-bond acceptors (Lipinski definition) is 9. The molecule has 32 heavy (non-hydrogen) atoms. The summed E-state index contributed by atoms with van der Waals surface area (Å²) in [4.78, 5) is 18.0. The number of fused-ring (bicyclic) bond motifs is 2. The third-order valence-electron chi connectivity index (χ3n) is 5.47. The van der Waals surface area contributed by atoms with E-state index in [1.165, 1.54) is 6.07 Å². The lowest BCUT2D eigenvalue weighted by atomic mass is 9.86. The van der Waals surface area contributed by atoms with Crippen LogP contribution in [0.25, 0.3) is 22.2 Å². The second-order valence-corrected chi connectivity index (χ2v) is 7.50. The zero-order chi connectivity index (χ0) is 22.5. The Balaban J connectivity index is 1.70. The second-order valence-electron chi connectivity index (χ2n) is 7.50. The molecule has 1 aliphatic carbocycles. The van der Waals surface area contributed by atoms with Gasteiger partial charge in [0, 0.05) is 49.4 Å². The van der Waals surface area contributed by atoms with Gasteiger partial charge < -0.3 is 31.0 Å². The fraction of sp³-hybridized carbons (Fsp3) is 0.364. The molecule has 0 amide bonds. The molecule has 0 unspecified atom stereocenters. The Morgan fingerprint density at radius 1 is 1.03 bits per heavy atom. The minimum Gasteiger partial charge on any atom is -0.507 e. The number of nitrogens with two attached hydrogens (primary N) is 1. The number of aromatic hydroxyl groups is 1. The Bertz CT molecular complexity index is 1110. The van der Waals surface area contributed by atoms with Crippen LogP contribution in [0.3, 0.4) is 0 Å². The smallest absolute Gasteiger partial charge is 0.200 e. The molecular formula is C22H28N6O4. The van der Waals surface area contributed by atoms with Crippen LogP contribution in [-0.4, -0.2) is 71.7 Å². The molecule has 3 aromatic rings. The number of aliphatic hydroxyl groups is 1. The van der Waals surface area contributed by atoms with Gasteiger partial charge in [0.05, 0.1) is 36.4 Å². The van der Waals surface area contributed by atoms with Crippen LogP contribution in [0.1, 0.15) is 15.9 Å². The minimum atomic E-state index is -0.221. The number of ketones is 1. The van der Waals surface area contributed by atoms with Crippen LogP contribution in [0.4, 0.5) is 5.69 Å². The highest BCUT2D eigenvalue weighted by Gasteiger charge is 2.32. The molecule has 0 spiro atoms. The number of hydrogen-bond donors (Lipinski definition) is 6. The van der Waals surface area contributed by atoms with Gasteiger partial charge in [-0.2, -0.15) is 5.10 Å². The third-order valence-corrected chi connectivity index (χ3v) is 5.47. The van der Waals surface area contributed by atoms with Gasteiger partial charge in [-0.05, 0) is 18.2 Å². The third kappa shape index (κ3) is 4.18. The van der Waals surface area contributed by atoms with E-state index in [1.807, 2.05) is 22.9 Å². The van der Waals surface area contributed by atoms with Crippen molar-refractivity contribution in [2.75, 3.05) is 51.3 Å². The van der Waals surface area contributed by atoms with Crippen LogP contribution in [0.2, 0.25) is 0 Å². The number of carbonyl (C=O) groups excluding carboxylic acids is 1. The topological polar surface area (TPSA) is 147 Å². The quantitative estimate of drug-likeness (QED) is 0.136. The van der Waals surface area contributed by atoms with Gasteiger partial charge in [-0.15, -0.1) is 0 Å². The van der Waals surface area contributed by atoms with Crippen LogP contribution in [-0.2, 0) is 11.4 Å². The molecule has 1 aliphatic rings. The molecule has 0 saturated heterocycles. The number of carbonyl (C=O) groups is 1. The van der Waals surface area contributed by atoms with Crippen molar-refractivity contribution < 1.29 is 19.8 Å². The van der Waals surface area contributed by atoms with Gasteiger partial charge in [-0.25, -0.2) is 5.90 Å². The Hall–Kier alpha value is -3.02. The van der Waals surface area contributed by atoms with Crippen molar-refractivity contribution in [1.29, 1.82) is 0 Å². The highest BCUT2D eigenvalue weighted by atomic mass is 16.6. The lowest BCUT2D eigenvalue weighted by Crippen LogP contribution is -2.27. The van der Waals surface area contributed by atoms with Gasteiger partial charge in [-0.3, -0.25) is 9.48 Å². The maximum atomic E-state index is 13.5. The van der Waals surface area contributed by atoms with Crippen molar-refractivity contribution in [3.05, 3.63) is 41.5 Å². The Labute approximate surface area is 185 Å². The Morgan fingerprint density at radius 2 is 1.88 bits per heavy atom. The highest BCUT2D eigenvalue weighted by Crippen LogP contribution is 2.44. The van der Waals surface area contributed by atoms with E-state index >= 15 is 0 Å². The second kappa shape index (κ2) is 10.1. The van der Waals surface area contributed by atoms with Crippen LogP contribution < -0.4 is 21.8 Å². The number of phenolic OH excluding ortho intramolecular Hbond substituents is 1. The standard InChI is InChI=1S/C22H28N6O4/c23-32-13-10-24-6-7-26-15-4-5-16-20-19(15)22(31)18-14(2-1-3-17(18)30)21(20)27-28(16)11-8-25-9-12-29/h1-5,24-26,29-30H,6-13,23H2. The largest absolute Gasteiger partial charge is 0.507 e. The Kier molecular flexibility index (Phi) is 6.98. The van der Waals surface area contributed by atoms with Crippen molar-refractivity contribution in [2.45, 2.75) is 6.54 Å². The minimum absolute atomic E-state index is 0.0521. The zero-order valence-corrected chi connectivity index (χ0v) is 17.7. The van der Waals surface area contributed by atoms with Gasteiger partial charge in [-0.1, -0.05) is 12.1 Å². The summed E-state index contributed by atoms with van der Waals surface area (Å²) in [6, 6.07) is 8.90. The highest BCUT2D eigenvalue weighted by molar-refractivity contribution is 6.28. The van der Waals surface area contributed by atoms with E-state index in [-0.39, 0.29) is 23.7 Å². The van der Waals surface area contributed by atoms with Crippen LogP contribution in [0.5, 0.6) is 5.75 Å². The molecule has 7 N–H and O–H groups in total. The lowest BCUT2D eigenvalue weighted by Gasteiger charge is -2.19. The van der Waals surface area contributed by atoms with E-state index in [9.17, 15) is 9.90 Å². The van der Waals surface area contributed by atoms with Crippen molar-refractivity contribution >= 4 is 22.4 Å². The summed E-state index contributed by atoms with van der Waals surface area (Å²) in [5, 5.41) is 34.7. The fourth-order valence-corrected chi connectivity index (χ4v) is 4.04. The first-order valence-electron chi connectivity index (χ1n) is 10.7. The zero-order valence-electron chi connectivity index (χ0n) is 17.7. The van der Waals surface area contributed by atoms with Crippen molar-refractivity contribution in [3.8, 4) is 17.0 Å². The van der Waals surface area contributed by atoms with E-state index in [1.54, 1.807) is 6.07 Å². The molecular weight excluding hydrogens is 412 g/mol. The van der Waals surface area contributed by atoms with Crippen molar-refractivity contribution in [1.82, 2.24) is 20.4 Å². The summed E-state index contributed by atoms with van der Waals surface area (Å²) in [6.07, 6.45) is 0. The number of nitrogens with one attached hydrogen (secondary N) is 3. The SMILES string of the molecule is NOCCNCCNc1ccc2c3c(nn2CCNCCO)-c2cccc(O)c2C(=O)c13. The number of benzene rings is 2. The number of aliphatic hydroxyl groups excluding tert-OH is 1. The predicted octanol–water partition coefficient (Wildman–Crippen LogP) is 0.427. The van der Waals surface area contributed by atoms with Crippen molar-refractivity contribution in [3.63, 3.8) is 0 Å². The molecule has 1 aromatic heterocycles. The summed E-state index contributed by atoms with van der Waals surface area (Å²) < 4.78 is 1.86. The van der Waals surface area contributed by atoms with Gasteiger partial charge in [0.25, 0.3) is 0 Å². The molecule has 2 aromatic carbocycles. The number of anilines is 1. The van der Waals surface area contributed by atoms with E-state index in [4.69, 9.17) is 16.1 Å². The van der Waals surface area contributed by atoms with Crippen LogP contribution in [0.15, 0.2) is 30.3 Å². The van der Waals surface area contributed by atoms with Gasteiger partial charge in [0.15, 0.2) is 5.78 Å². The molecule has 0 radical (unpaired) electrons.